The van der Waals surface area contributed by atoms with E-state index in [2.05, 4.69) is 5.32 Å². The molecule has 3 aromatic rings. The molecule has 180 valence electrons. The van der Waals surface area contributed by atoms with Gasteiger partial charge in [0.1, 0.15) is 11.5 Å². The van der Waals surface area contributed by atoms with E-state index in [4.69, 9.17) is 9.47 Å². The number of hydrogen-bond acceptors (Lipinski definition) is 4. The first-order valence-corrected chi connectivity index (χ1v) is 11.6. The summed E-state index contributed by atoms with van der Waals surface area (Å²) in [7, 11) is 3.27. The predicted octanol–water partition coefficient (Wildman–Crippen LogP) is 5.07. The Morgan fingerprint density at radius 2 is 1.54 bits per heavy atom. The van der Waals surface area contributed by atoms with Crippen LogP contribution in [0.5, 0.6) is 11.5 Å². The van der Waals surface area contributed by atoms with Gasteiger partial charge in [0, 0.05) is 13.1 Å². The van der Waals surface area contributed by atoms with E-state index in [9.17, 15) is 9.59 Å². The highest BCUT2D eigenvalue weighted by atomic mass is 16.5. The molecule has 4 rings (SSSR count). The van der Waals surface area contributed by atoms with Crippen LogP contribution in [0.1, 0.15) is 47.7 Å². The van der Waals surface area contributed by atoms with Crippen LogP contribution in [-0.4, -0.2) is 30.9 Å². The summed E-state index contributed by atoms with van der Waals surface area (Å²) in [5.74, 6) is 1.32. The molecule has 2 amide bonds. The van der Waals surface area contributed by atoms with Crippen LogP contribution in [0.2, 0.25) is 0 Å². The molecule has 0 unspecified atom stereocenters. The highest BCUT2D eigenvalue weighted by Gasteiger charge is 2.29. The van der Waals surface area contributed by atoms with E-state index >= 15 is 0 Å². The summed E-state index contributed by atoms with van der Waals surface area (Å²) in [5, 5.41) is 3.21. The van der Waals surface area contributed by atoms with Crippen molar-refractivity contribution in [3.8, 4) is 11.5 Å². The van der Waals surface area contributed by atoms with Gasteiger partial charge in [-0.3, -0.25) is 9.59 Å². The van der Waals surface area contributed by atoms with Gasteiger partial charge in [-0.25, -0.2) is 0 Å². The summed E-state index contributed by atoms with van der Waals surface area (Å²) < 4.78 is 10.6. The maximum Gasteiger partial charge on any atom is 0.223 e. The monoisotopic (exact) mass is 470 g/mol. The summed E-state index contributed by atoms with van der Waals surface area (Å²) in [5.41, 5.74) is 4.04. The van der Waals surface area contributed by atoms with E-state index in [1.54, 1.807) is 25.3 Å². The molecule has 0 bridgehead atoms. The fourth-order valence-corrected chi connectivity index (χ4v) is 4.43. The van der Waals surface area contributed by atoms with Gasteiger partial charge in [0.05, 0.1) is 32.7 Å². The van der Waals surface area contributed by atoms with Crippen LogP contribution in [0.25, 0.3) is 6.08 Å². The number of rotatable bonds is 8. The van der Waals surface area contributed by atoms with Crippen molar-refractivity contribution in [3.63, 3.8) is 0 Å². The van der Waals surface area contributed by atoms with E-state index in [-0.39, 0.29) is 30.3 Å². The first-order valence-electron chi connectivity index (χ1n) is 11.6. The first-order chi connectivity index (χ1) is 17.0. The molecule has 0 aliphatic carbocycles. The molecule has 35 heavy (non-hydrogen) atoms. The van der Waals surface area contributed by atoms with Gasteiger partial charge in [-0.15, -0.1) is 0 Å². The Kier molecular flexibility index (Phi) is 7.51. The molecular weight excluding hydrogens is 440 g/mol. The Hall–Kier alpha value is -4.06. The number of hydrogen-bond donors (Lipinski definition) is 1. The molecule has 1 aliphatic heterocycles. The quantitative estimate of drug-likeness (QED) is 0.499. The lowest BCUT2D eigenvalue weighted by Crippen LogP contribution is -2.37. The molecule has 3 aromatic carbocycles. The van der Waals surface area contributed by atoms with Gasteiger partial charge in [0.2, 0.25) is 11.8 Å². The molecule has 1 N–H and O–H groups in total. The van der Waals surface area contributed by atoms with Crippen LogP contribution in [0.15, 0.2) is 79.0 Å². The third-order valence-corrected chi connectivity index (χ3v) is 6.30. The number of fused-ring (bicyclic) bond motifs is 1. The average molecular weight is 471 g/mol. The largest absolute Gasteiger partial charge is 0.497 e. The number of benzene rings is 3. The minimum atomic E-state index is -0.355. The van der Waals surface area contributed by atoms with Gasteiger partial charge in [0.15, 0.2) is 0 Å². The smallest absolute Gasteiger partial charge is 0.223 e. The van der Waals surface area contributed by atoms with Gasteiger partial charge in [-0.1, -0.05) is 48.5 Å². The zero-order chi connectivity index (χ0) is 24.8. The van der Waals surface area contributed by atoms with Gasteiger partial charge in [-0.05, 0) is 59.0 Å². The molecule has 1 aliphatic rings. The number of methoxy groups -OCH3 is 2. The maximum atomic E-state index is 13.4. The summed E-state index contributed by atoms with van der Waals surface area (Å²) in [6, 6.07) is 22.8. The van der Waals surface area contributed by atoms with Crippen LogP contribution in [0.4, 0.5) is 0 Å². The Labute approximate surface area is 206 Å². The number of carbonyl (C=O) groups is 2. The molecule has 6 heteroatoms. The molecule has 0 saturated heterocycles. The lowest BCUT2D eigenvalue weighted by molar-refractivity contribution is -0.130. The van der Waals surface area contributed by atoms with Crippen LogP contribution < -0.4 is 14.8 Å². The minimum Gasteiger partial charge on any atom is -0.497 e. The van der Waals surface area contributed by atoms with Crippen LogP contribution in [-0.2, 0) is 16.0 Å². The van der Waals surface area contributed by atoms with E-state index < -0.39 is 0 Å². The maximum absolute atomic E-state index is 13.4. The van der Waals surface area contributed by atoms with Crippen molar-refractivity contribution in [2.45, 2.75) is 31.8 Å². The van der Waals surface area contributed by atoms with E-state index in [0.717, 1.165) is 33.8 Å². The topological polar surface area (TPSA) is 67.9 Å². The number of carbonyl (C=O) groups excluding carboxylic acids is 2. The normalized spacial score (nSPS) is 15.2. The number of nitrogens with one attached hydrogen (secondary N) is 1. The summed E-state index contributed by atoms with van der Waals surface area (Å²) in [4.78, 5) is 27.3. The van der Waals surface area contributed by atoms with Gasteiger partial charge in [0.25, 0.3) is 0 Å². The van der Waals surface area contributed by atoms with Crippen molar-refractivity contribution in [1.82, 2.24) is 10.2 Å². The highest BCUT2D eigenvalue weighted by molar-refractivity contribution is 5.82. The second-order valence-corrected chi connectivity index (χ2v) is 8.54. The molecule has 0 radical (unpaired) electrons. The standard InChI is InChI=1S/C29H30N2O4/c1-20(32)31-17-16-22-6-4-5-7-26(22)28(31)19-29(33)30-27(23-10-14-25(35-3)15-11-23)18-21-8-12-24(34-2)13-9-21/h4-17,27-28H,18-19H2,1-3H3,(H,30,33)/t27-,28+/m1/s1. The Balaban J connectivity index is 1.57. The van der Waals surface area contributed by atoms with Crippen molar-refractivity contribution in [3.05, 3.63) is 101 Å². The van der Waals surface area contributed by atoms with E-state index in [1.165, 1.54) is 6.92 Å². The molecule has 0 spiro atoms. The molecule has 0 fully saturated rings. The summed E-state index contributed by atoms with van der Waals surface area (Å²) in [6.07, 6.45) is 4.45. The Bertz CT molecular complexity index is 1200. The zero-order valence-corrected chi connectivity index (χ0v) is 20.2. The summed E-state index contributed by atoms with van der Waals surface area (Å²) in [6.45, 7) is 1.52. The lowest BCUT2D eigenvalue weighted by Gasteiger charge is -2.32. The number of ether oxygens (including phenoxy) is 2. The minimum absolute atomic E-state index is 0.0986. The SMILES string of the molecule is COc1ccc(C[C@@H](NC(=O)C[C@H]2c3ccccc3C=CN2C(C)=O)c2ccc(OC)cc2)cc1. The van der Waals surface area contributed by atoms with Crippen LogP contribution in [0.3, 0.4) is 0 Å². The molecule has 1 heterocycles. The second-order valence-electron chi connectivity index (χ2n) is 8.54. The fraction of sp³-hybridized carbons (Fsp3) is 0.241. The van der Waals surface area contributed by atoms with Crippen LogP contribution in [0, 0.1) is 0 Å². The molecule has 6 nitrogen and oxygen atoms in total. The fourth-order valence-electron chi connectivity index (χ4n) is 4.43. The van der Waals surface area contributed by atoms with Crippen molar-refractivity contribution in [1.29, 1.82) is 0 Å². The Morgan fingerprint density at radius 3 is 2.17 bits per heavy atom. The first kappa shape index (κ1) is 24.1. The van der Waals surface area contributed by atoms with Crippen molar-refractivity contribution >= 4 is 17.9 Å². The second kappa shape index (κ2) is 10.9. The lowest BCUT2D eigenvalue weighted by atomic mass is 9.93. The van der Waals surface area contributed by atoms with Gasteiger partial charge in [-0.2, -0.15) is 0 Å². The molecular formula is C29H30N2O4. The zero-order valence-electron chi connectivity index (χ0n) is 20.2. The summed E-state index contributed by atoms with van der Waals surface area (Å²) >= 11 is 0. The molecule has 2 atom stereocenters. The third-order valence-electron chi connectivity index (χ3n) is 6.30. The predicted molar refractivity (Wildman–Crippen MR) is 136 cm³/mol. The molecule has 0 aromatic heterocycles. The average Bonchev–Trinajstić information content (AvgIpc) is 2.88. The van der Waals surface area contributed by atoms with Gasteiger partial charge < -0.3 is 19.7 Å². The number of nitrogens with zero attached hydrogens (tertiary/aromatic N) is 1. The molecule has 0 saturated carbocycles. The number of amides is 2. The third kappa shape index (κ3) is 5.72. The highest BCUT2D eigenvalue weighted by Crippen LogP contribution is 2.33. The van der Waals surface area contributed by atoms with Crippen molar-refractivity contribution in [2.24, 2.45) is 0 Å². The van der Waals surface area contributed by atoms with Gasteiger partial charge >= 0.3 is 0 Å². The van der Waals surface area contributed by atoms with E-state index in [0.29, 0.717) is 6.42 Å². The van der Waals surface area contributed by atoms with Crippen molar-refractivity contribution in [2.75, 3.05) is 14.2 Å². The van der Waals surface area contributed by atoms with Crippen LogP contribution >= 0.6 is 0 Å². The van der Waals surface area contributed by atoms with E-state index in [1.807, 2.05) is 78.9 Å². The Morgan fingerprint density at radius 1 is 0.914 bits per heavy atom. The van der Waals surface area contributed by atoms with Crippen molar-refractivity contribution < 1.29 is 19.1 Å².